The molecule has 1 fully saturated rings. The molecular formula is C18H25N3O3. The first-order valence-electron chi connectivity index (χ1n) is 8.54. The van der Waals surface area contributed by atoms with Gasteiger partial charge in [0.15, 0.2) is 0 Å². The maximum Gasteiger partial charge on any atom is 0.348 e. The first kappa shape index (κ1) is 16.9. The lowest BCUT2D eigenvalue weighted by Crippen LogP contribution is -2.49. The van der Waals surface area contributed by atoms with Crippen LogP contribution in [0.4, 0.5) is 0 Å². The van der Waals surface area contributed by atoms with Crippen molar-refractivity contribution in [3.05, 3.63) is 39.6 Å². The summed E-state index contributed by atoms with van der Waals surface area (Å²) in [5.74, 6) is -0.0304. The highest BCUT2D eigenvalue weighted by atomic mass is 16.5. The van der Waals surface area contributed by atoms with Crippen LogP contribution in [0.25, 0.3) is 0 Å². The van der Waals surface area contributed by atoms with Crippen LogP contribution in [0.3, 0.4) is 0 Å². The summed E-state index contributed by atoms with van der Waals surface area (Å²) >= 11 is 0. The molecule has 2 aliphatic heterocycles. The topological polar surface area (TPSA) is 64.4 Å². The summed E-state index contributed by atoms with van der Waals surface area (Å²) < 4.78 is 7.44. The van der Waals surface area contributed by atoms with Crippen LogP contribution in [0, 0.1) is 13.8 Å². The third-order valence-electron chi connectivity index (χ3n) is 5.00. The smallest absolute Gasteiger partial charge is 0.348 e. The maximum atomic E-state index is 12.6. The molecule has 24 heavy (non-hydrogen) atoms. The number of rotatable bonds is 2. The summed E-state index contributed by atoms with van der Waals surface area (Å²) in [6.45, 7) is 7.90. The van der Waals surface area contributed by atoms with Crippen molar-refractivity contribution in [3.63, 3.8) is 0 Å². The highest BCUT2D eigenvalue weighted by Crippen LogP contribution is 2.33. The fourth-order valence-corrected chi connectivity index (χ4v) is 3.60. The Morgan fingerprint density at radius 3 is 2.62 bits per heavy atom. The molecule has 0 N–H and O–H groups in total. The van der Waals surface area contributed by atoms with Crippen molar-refractivity contribution in [2.24, 2.45) is 0 Å². The molecule has 6 nitrogen and oxygen atoms in total. The minimum absolute atomic E-state index is 0.0304. The minimum Gasteiger partial charge on any atom is -0.370 e. The van der Waals surface area contributed by atoms with E-state index >= 15 is 0 Å². The molecule has 6 heteroatoms. The molecule has 0 saturated carbocycles. The zero-order valence-corrected chi connectivity index (χ0v) is 14.7. The molecular weight excluding hydrogens is 306 g/mol. The Morgan fingerprint density at radius 2 is 2.00 bits per heavy atom. The summed E-state index contributed by atoms with van der Waals surface area (Å²) in [6.07, 6.45) is 4.86. The first-order valence-corrected chi connectivity index (χ1v) is 8.54. The molecule has 2 aliphatic rings. The number of likely N-dealkylation sites (tertiary alicyclic amines) is 1. The molecule has 1 amide bonds. The van der Waals surface area contributed by atoms with Gasteiger partial charge >= 0.3 is 5.69 Å². The van der Waals surface area contributed by atoms with Crippen LogP contribution in [-0.4, -0.2) is 45.7 Å². The van der Waals surface area contributed by atoms with Crippen molar-refractivity contribution in [1.82, 2.24) is 14.5 Å². The van der Waals surface area contributed by atoms with E-state index in [1.54, 1.807) is 6.92 Å². The van der Waals surface area contributed by atoms with Crippen molar-refractivity contribution >= 4 is 5.91 Å². The number of ether oxygens (including phenoxy) is 1. The van der Waals surface area contributed by atoms with E-state index < -0.39 is 0 Å². The highest BCUT2D eigenvalue weighted by Gasteiger charge is 2.36. The number of aromatic nitrogens is 2. The van der Waals surface area contributed by atoms with Crippen LogP contribution in [0.5, 0.6) is 0 Å². The number of carbonyl (C=O) groups excluding carboxylic acids is 1. The molecule has 0 bridgehead atoms. The average Bonchev–Trinajstić information content (AvgIpc) is 2.51. The Hall–Kier alpha value is -1.95. The zero-order chi connectivity index (χ0) is 17.3. The number of carbonyl (C=O) groups is 1. The maximum absolute atomic E-state index is 12.6. The lowest BCUT2D eigenvalue weighted by molar-refractivity contribution is -0.137. The summed E-state index contributed by atoms with van der Waals surface area (Å²) in [5.41, 5.74) is 2.26. The van der Waals surface area contributed by atoms with Gasteiger partial charge in [-0.1, -0.05) is 11.6 Å². The second-order valence-corrected chi connectivity index (χ2v) is 6.94. The molecule has 3 rings (SSSR count). The SMILES string of the molecule is CC1=CC2(CCN(C(=O)Cn3c(C)cc(C)nc3=O)CC2)OCC1. The van der Waals surface area contributed by atoms with Crippen molar-refractivity contribution in [2.45, 2.75) is 52.2 Å². The normalized spacial score (nSPS) is 20.1. The Labute approximate surface area is 142 Å². The Morgan fingerprint density at radius 1 is 1.29 bits per heavy atom. The van der Waals surface area contributed by atoms with E-state index in [1.165, 1.54) is 10.1 Å². The van der Waals surface area contributed by atoms with Crippen LogP contribution < -0.4 is 5.69 Å². The average molecular weight is 331 g/mol. The highest BCUT2D eigenvalue weighted by molar-refractivity contribution is 5.76. The number of piperidine rings is 1. The van der Waals surface area contributed by atoms with Crippen molar-refractivity contribution in [2.75, 3.05) is 19.7 Å². The Kier molecular flexibility index (Phi) is 4.58. The van der Waals surface area contributed by atoms with Gasteiger partial charge in [0, 0.05) is 24.5 Å². The van der Waals surface area contributed by atoms with Crippen LogP contribution in [0.2, 0.25) is 0 Å². The summed E-state index contributed by atoms with van der Waals surface area (Å²) in [4.78, 5) is 30.3. The van der Waals surface area contributed by atoms with Gasteiger partial charge < -0.3 is 9.64 Å². The molecule has 1 spiro atoms. The summed E-state index contributed by atoms with van der Waals surface area (Å²) in [7, 11) is 0. The molecule has 130 valence electrons. The van der Waals surface area contributed by atoms with Crippen LogP contribution in [0.15, 0.2) is 22.5 Å². The van der Waals surface area contributed by atoms with E-state index in [1.807, 2.05) is 17.9 Å². The molecule has 0 atom stereocenters. The van der Waals surface area contributed by atoms with E-state index in [9.17, 15) is 9.59 Å². The second kappa shape index (κ2) is 6.51. The van der Waals surface area contributed by atoms with Gasteiger partial charge in [0.1, 0.15) is 6.54 Å². The Bertz CT molecular complexity index is 728. The van der Waals surface area contributed by atoms with E-state index in [-0.39, 0.29) is 23.7 Å². The molecule has 3 heterocycles. The molecule has 0 aromatic carbocycles. The number of nitrogens with zero attached hydrogens (tertiary/aromatic N) is 3. The largest absolute Gasteiger partial charge is 0.370 e. The number of hydrogen-bond donors (Lipinski definition) is 0. The lowest BCUT2D eigenvalue weighted by atomic mass is 9.87. The van der Waals surface area contributed by atoms with Gasteiger partial charge in [-0.3, -0.25) is 9.36 Å². The van der Waals surface area contributed by atoms with Gasteiger partial charge in [-0.2, -0.15) is 4.98 Å². The van der Waals surface area contributed by atoms with Crippen molar-refractivity contribution in [3.8, 4) is 0 Å². The first-order chi connectivity index (χ1) is 11.4. The van der Waals surface area contributed by atoms with Crippen molar-refractivity contribution in [1.29, 1.82) is 0 Å². The fourth-order valence-electron chi connectivity index (χ4n) is 3.60. The predicted molar refractivity (Wildman–Crippen MR) is 90.8 cm³/mol. The summed E-state index contributed by atoms with van der Waals surface area (Å²) in [6, 6.07) is 1.82. The van der Waals surface area contributed by atoms with Crippen LogP contribution in [0.1, 0.15) is 37.6 Å². The van der Waals surface area contributed by atoms with Gasteiger partial charge in [0.25, 0.3) is 0 Å². The minimum atomic E-state index is -0.358. The lowest BCUT2D eigenvalue weighted by Gasteiger charge is -2.42. The quantitative estimate of drug-likeness (QED) is 0.772. The van der Waals surface area contributed by atoms with Gasteiger partial charge in [-0.15, -0.1) is 0 Å². The molecule has 0 unspecified atom stereocenters. The van der Waals surface area contributed by atoms with E-state index in [2.05, 4.69) is 18.0 Å². The van der Waals surface area contributed by atoms with Crippen molar-refractivity contribution < 1.29 is 9.53 Å². The third-order valence-corrected chi connectivity index (χ3v) is 5.00. The van der Waals surface area contributed by atoms with E-state index in [0.717, 1.165) is 31.6 Å². The second-order valence-electron chi connectivity index (χ2n) is 6.94. The fraction of sp³-hybridized carbons (Fsp3) is 0.611. The standard InChI is InChI=1S/C18H25N3O3/c1-13-4-9-24-18(11-13)5-7-20(8-6-18)16(22)12-21-15(3)10-14(2)19-17(21)23/h10-11H,4-9,12H2,1-3H3. The molecule has 0 radical (unpaired) electrons. The molecule has 0 aliphatic carbocycles. The van der Waals surface area contributed by atoms with Gasteiger partial charge in [0.05, 0.1) is 12.2 Å². The number of hydrogen-bond acceptors (Lipinski definition) is 4. The molecule has 1 saturated heterocycles. The van der Waals surface area contributed by atoms with E-state index in [4.69, 9.17) is 4.74 Å². The Balaban J connectivity index is 1.66. The third kappa shape index (κ3) is 3.43. The number of amides is 1. The van der Waals surface area contributed by atoms with Gasteiger partial charge in [0.2, 0.25) is 5.91 Å². The predicted octanol–water partition coefficient (Wildman–Crippen LogP) is 1.59. The zero-order valence-electron chi connectivity index (χ0n) is 14.7. The van der Waals surface area contributed by atoms with Gasteiger partial charge in [-0.25, -0.2) is 4.79 Å². The molecule has 1 aromatic rings. The molecule has 1 aromatic heterocycles. The number of aryl methyl sites for hydroxylation is 2. The monoisotopic (exact) mass is 331 g/mol. The summed E-state index contributed by atoms with van der Waals surface area (Å²) in [5, 5.41) is 0. The van der Waals surface area contributed by atoms with E-state index in [0.29, 0.717) is 18.8 Å². The van der Waals surface area contributed by atoms with Gasteiger partial charge in [-0.05, 0) is 46.1 Å². The van der Waals surface area contributed by atoms with Crippen LogP contribution >= 0.6 is 0 Å². The van der Waals surface area contributed by atoms with Crippen LogP contribution in [-0.2, 0) is 16.1 Å².